The van der Waals surface area contributed by atoms with Crippen molar-refractivity contribution in [3.63, 3.8) is 0 Å². The number of ether oxygens (including phenoxy) is 4. The summed E-state index contributed by atoms with van der Waals surface area (Å²) in [5.41, 5.74) is -1.31. The van der Waals surface area contributed by atoms with Crippen LogP contribution >= 0.6 is 0 Å². The number of aliphatic hydroxyl groups is 1. The first-order valence-electron chi connectivity index (χ1n) is 10.9. The molecular weight excluding hydrogens is 392 g/mol. The topological polar surface area (TPSA) is 108 Å². The summed E-state index contributed by atoms with van der Waals surface area (Å²) in [6.45, 7) is 6.72. The molecule has 0 spiro atoms. The molecule has 0 aromatic heterocycles. The molecule has 4 aliphatic rings. The van der Waals surface area contributed by atoms with Gasteiger partial charge in [0, 0.05) is 6.42 Å². The van der Waals surface area contributed by atoms with Crippen molar-refractivity contribution in [3.8, 4) is 0 Å². The Morgan fingerprint density at radius 1 is 1.20 bits per heavy atom. The fourth-order valence-electron chi connectivity index (χ4n) is 5.47. The van der Waals surface area contributed by atoms with Crippen LogP contribution in [0.3, 0.4) is 0 Å². The van der Waals surface area contributed by atoms with E-state index in [4.69, 9.17) is 18.9 Å². The lowest BCUT2D eigenvalue weighted by molar-refractivity contribution is -0.236. The second kappa shape index (κ2) is 8.83. The van der Waals surface area contributed by atoms with Gasteiger partial charge in [-0.05, 0) is 57.8 Å². The molecule has 5 unspecified atom stereocenters. The van der Waals surface area contributed by atoms with Crippen molar-refractivity contribution in [2.24, 2.45) is 23.2 Å². The third-order valence-corrected chi connectivity index (χ3v) is 6.27. The van der Waals surface area contributed by atoms with Gasteiger partial charge in [-0.3, -0.25) is 9.59 Å². The fraction of sp³-hybridized carbons (Fsp3) is 0.864. The Hall–Kier alpha value is -1.67. The van der Waals surface area contributed by atoms with E-state index in [1.807, 2.05) is 13.8 Å². The molecule has 30 heavy (non-hydrogen) atoms. The van der Waals surface area contributed by atoms with Gasteiger partial charge in [0.1, 0.15) is 12.7 Å². The summed E-state index contributed by atoms with van der Waals surface area (Å²) in [4.78, 5) is 36.2. The van der Waals surface area contributed by atoms with Crippen LogP contribution in [0.2, 0.25) is 0 Å². The molecule has 0 radical (unpaired) electrons. The summed E-state index contributed by atoms with van der Waals surface area (Å²) in [6, 6.07) is 0. The van der Waals surface area contributed by atoms with Gasteiger partial charge in [-0.1, -0.05) is 13.8 Å². The number of carbonyl (C=O) groups excluding carboxylic acids is 3. The second-order valence-corrected chi connectivity index (χ2v) is 10.2. The van der Waals surface area contributed by atoms with E-state index >= 15 is 0 Å². The third kappa shape index (κ3) is 5.52. The van der Waals surface area contributed by atoms with E-state index in [-0.39, 0.29) is 24.6 Å². The first kappa shape index (κ1) is 23.0. The minimum atomic E-state index is -1.31. The minimum absolute atomic E-state index is 0.171. The molecule has 2 aliphatic heterocycles. The highest BCUT2D eigenvalue weighted by atomic mass is 16.7. The molecule has 0 aromatic rings. The summed E-state index contributed by atoms with van der Waals surface area (Å²) in [5.74, 6) is -0.902. The molecule has 8 nitrogen and oxygen atoms in total. The standard InChI is InChI=1S/C22H34O8/c1-13(2)7-21(3,4)20(26)28-11-17(23)27-12-18(24)30-22-8-14-5-15(9-22)19(25)29-16(6-14)10-22/h13-16,18,24H,5-12H2,1-4H3. The van der Waals surface area contributed by atoms with E-state index in [1.165, 1.54) is 0 Å². The van der Waals surface area contributed by atoms with E-state index < -0.39 is 35.9 Å². The molecule has 5 atom stereocenters. The summed E-state index contributed by atoms with van der Waals surface area (Å²) in [7, 11) is 0. The van der Waals surface area contributed by atoms with Gasteiger partial charge in [-0.25, -0.2) is 4.79 Å². The summed E-state index contributed by atoms with van der Waals surface area (Å²) in [5, 5.41) is 10.3. The van der Waals surface area contributed by atoms with Crippen LogP contribution in [0, 0.1) is 23.2 Å². The van der Waals surface area contributed by atoms with Crippen molar-refractivity contribution in [1.82, 2.24) is 0 Å². The van der Waals surface area contributed by atoms with Gasteiger partial charge in [0.05, 0.1) is 16.9 Å². The molecule has 0 aromatic carbocycles. The summed E-state index contributed by atoms with van der Waals surface area (Å²) < 4.78 is 21.5. The molecule has 4 bridgehead atoms. The average Bonchev–Trinajstić information content (AvgIpc) is 2.77. The largest absolute Gasteiger partial charge is 0.462 e. The van der Waals surface area contributed by atoms with E-state index in [1.54, 1.807) is 13.8 Å². The summed E-state index contributed by atoms with van der Waals surface area (Å²) in [6.07, 6.45) is 2.65. The zero-order valence-corrected chi connectivity index (χ0v) is 18.3. The molecule has 1 N–H and O–H groups in total. The average molecular weight is 427 g/mol. The number of fused-ring (bicyclic) bond motifs is 1. The minimum Gasteiger partial charge on any atom is -0.462 e. The lowest BCUT2D eigenvalue weighted by Crippen LogP contribution is -2.49. The normalized spacial score (nSPS) is 31.3. The van der Waals surface area contributed by atoms with Gasteiger partial charge in [0.25, 0.3) is 0 Å². The van der Waals surface area contributed by atoms with Gasteiger partial charge in [-0.2, -0.15) is 0 Å². The maximum atomic E-state index is 12.2. The maximum Gasteiger partial charge on any atom is 0.344 e. The first-order chi connectivity index (χ1) is 14.0. The third-order valence-electron chi connectivity index (χ3n) is 6.27. The van der Waals surface area contributed by atoms with Crippen LogP contribution in [0.4, 0.5) is 0 Å². The fourth-order valence-corrected chi connectivity index (χ4v) is 5.47. The number of esters is 3. The van der Waals surface area contributed by atoms with E-state index in [9.17, 15) is 19.5 Å². The van der Waals surface area contributed by atoms with Crippen LogP contribution in [0.5, 0.6) is 0 Å². The molecule has 170 valence electrons. The van der Waals surface area contributed by atoms with Crippen molar-refractivity contribution in [3.05, 3.63) is 0 Å². The summed E-state index contributed by atoms with van der Waals surface area (Å²) >= 11 is 0. The Kier molecular flexibility index (Phi) is 6.77. The van der Waals surface area contributed by atoms with Gasteiger partial charge in [0.2, 0.25) is 0 Å². The van der Waals surface area contributed by atoms with Crippen molar-refractivity contribution in [2.45, 2.75) is 84.2 Å². The highest BCUT2D eigenvalue weighted by molar-refractivity contribution is 5.79. The van der Waals surface area contributed by atoms with Crippen LogP contribution in [-0.2, 0) is 33.3 Å². The van der Waals surface area contributed by atoms with Crippen LogP contribution in [0.1, 0.15) is 66.2 Å². The Balaban J connectivity index is 1.44. The number of hydrogen-bond donors (Lipinski definition) is 1. The van der Waals surface area contributed by atoms with Crippen LogP contribution in [0.25, 0.3) is 0 Å². The van der Waals surface area contributed by atoms with E-state index in [2.05, 4.69) is 0 Å². The predicted molar refractivity (Wildman–Crippen MR) is 105 cm³/mol. The Bertz CT molecular complexity index is 672. The van der Waals surface area contributed by atoms with Crippen LogP contribution in [-0.4, -0.2) is 54.2 Å². The lowest BCUT2D eigenvalue weighted by Gasteiger charge is -2.46. The van der Waals surface area contributed by atoms with E-state index in [0.29, 0.717) is 31.1 Å². The zero-order valence-electron chi connectivity index (χ0n) is 18.3. The smallest absolute Gasteiger partial charge is 0.344 e. The molecule has 2 saturated carbocycles. The molecule has 8 heteroatoms. The van der Waals surface area contributed by atoms with Crippen molar-refractivity contribution in [2.75, 3.05) is 13.2 Å². The molecular formula is C22H34O8. The second-order valence-electron chi connectivity index (χ2n) is 10.2. The van der Waals surface area contributed by atoms with Crippen molar-refractivity contribution in [1.29, 1.82) is 0 Å². The van der Waals surface area contributed by atoms with E-state index in [0.717, 1.165) is 19.3 Å². The molecule has 2 heterocycles. The number of rotatable bonds is 9. The molecule has 2 saturated heterocycles. The molecule has 2 aliphatic carbocycles. The molecule has 4 rings (SSSR count). The van der Waals surface area contributed by atoms with Crippen molar-refractivity contribution < 1.29 is 38.4 Å². The van der Waals surface area contributed by atoms with Gasteiger partial charge >= 0.3 is 17.9 Å². The Morgan fingerprint density at radius 2 is 1.93 bits per heavy atom. The SMILES string of the molecule is CC(C)CC(C)(C)C(=O)OCC(=O)OCC(O)OC12CC3CC(C1)OC(=O)C(C3)C2. The highest BCUT2D eigenvalue weighted by Crippen LogP contribution is 2.51. The number of hydrogen-bond acceptors (Lipinski definition) is 8. The highest BCUT2D eigenvalue weighted by Gasteiger charge is 2.54. The molecule has 4 fully saturated rings. The lowest BCUT2D eigenvalue weighted by atomic mass is 9.65. The van der Waals surface area contributed by atoms with Crippen molar-refractivity contribution >= 4 is 17.9 Å². The van der Waals surface area contributed by atoms with Gasteiger partial charge in [0.15, 0.2) is 12.9 Å². The predicted octanol–water partition coefficient (Wildman–Crippen LogP) is 2.35. The quantitative estimate of drug-likeness (QED) is 0.340. The maximum absolute atomic E-state index is 12.2. The Labute approximate surface area is 177 Å². The Morgan fingerprint density at radius 3 is 2.63 bits per heavy atom. The van der Waals surface area contributed by atoms with Crippen LogP contribution in [0.15, 0.2) is 0 Å². The number of aliphatic hydroxyl groups excluding tert-OH is 1. The van der Waals surface area contributed by atoms with Gasteiger partial charge < -0.3 is 24.1 Å². The first-order valence-corrected chi connectivity index (χ1v) is 10.9. The van der Waals surface area contributed by atoms with Crippen LogP contribution < -0.4 is 0 Å². The number of carbonyl (C=O) groups is 3. The van der Waals surface area contributed by atoms with Gasteiger partial charge in [-0.15, -0.1) is 0 Å². The molecule has 0 amide bonds. The zero-order chi connectivity index (χ0) is 22.1. The monoisotopic (exact) mass is 426 g/mol.